The average Bonchev–Trinajstić information content (AvgIpc) is 2.46. The van der Waals surface area contributed by atoms with Crippen LogP contribution in [0.1, 0.15) is 17.0 Å². The van der Waals surface area contributed by atoms with E-state index in [1.807, 2.05) is 0 Å². The van der Waals surface area contributed by atoms with Crippen LogP contribution in [-0.2, 0) is 19.1 Å². The summed E-state index contributed by atoms with van der Waals surface area (Å²) in [7, 11) is 0. The molecule has 21 heavy (non-hydrogen) atoms. The minimum Gasteiger partial charge on any atom is -0.312 e. The standard InChI is InChI=1S/C13H10ClF3N4/c14-7-1-2-10(19-5-7)12-20-9-3-4-18-6-8(9)11(21-12)13(15,16)17/h1-2,5,18H,3-4,6H2. The molecule has 3 heterocycles. The van der Waals surface area contributed by atoms with Crippen LogP contribution in [0.3, 0.4) is 0 Å². The summed E-state index contributed by atoms with van der Waals surface area (Å²) >= 11 is 5.73. The first-order valence-corrected chi connectivity index (χ1v) is 6.62. The minimum absolute atomic E-state index is 0.0281. The van der Waals surface area contributed by atoms with Crippen molar-refractivity contribution in [3.63, 3.8) is 0 Å². The van der Waals surface area contributed by atoms with E-state index in [-0.39, 0.29) is 23.6 Å². The third-order valence-electron chi connectivity index (χ3n) is 3.16. The van der Waals surface area contributed by atoms with Crippen molar-refractivity contribution in [3.05, 3.63) is 40.3 Å². The molecule has 1 aliphatic heterocycles. The summed E-state index contributed by atoms with van der Waals surface area (Å²) in [6, 6.07) is 3.05. The highest BCUT2D eigenvalue weighted by atomic mass is 35.5. The molecule has 0 saturated heterocycles. The molecule has 3 rings (SSSR count). The Balaban J connectivity index is 2.16. The van der Waals surface area contributed by atoms with Gasteiger partial charge in [-0.1, -0.05) is 11.6 Å². The van der Waals surface area contributed by atoms with E-state index >= 15 is 0 Å². The molecule has 2 aromatic heterocycles. The van der Waals surface area contributed by atoms with Crippen molar-refractivity contribution in [2.75, 3.05) is 6.54 Å². The van der Waals surface area contributed by atoms with Gasteiger partial charge >= 0.3 is 6.18 Å². The molecule has 1 aliphatic rings. The van der Waals surface area contributed by atoms with Gasteiger partial charge in [-0.05, 0) is 12.1 Å². The maximum Gasteiger partial charge on any atom is 0.433 e. The molecule has 0 atom stereocenters. The molecule has 0 spiro atoms. The zero-order valence-corrected chi connectivity index (χ0v) is 11.5. The van der Waals surface area contributed by atoms with Crippen LogP contribution in [-0.4, -0.2) is 21.5 Å². The van der Waals surface area contributed by atoms with Gasteiger partial charge in [-0.3, -0.25) is 4.98 Å². The maximum absolute atomic E-state index is 13.2. The van der Waals surface area contributed by atoms with Crippen LogP contribution in [0.25, 0.3) is 11.5 Å². The van der Waals surface area contributed by atoms with Gasteiger partial charge in [0.25, 0.3) is 0 Å². The summed E-state index contributed by atoms with van der Waals surface area (Å²) in [5.41, 5.74) is -0.0908. The van der Waals surface area contributed by atoms with Gasteiger partial charge in [0.2, 0.25) is 0 Å². The Bertz CT molecular complexity index is 670. The number of aromatic nitrogens is 3. The molecule has 0 saturated carbocycles. The van der Waals surface area contributed by atoms with Crippen LogP contribution in [0, 0.1) is 0 Å². The summed E-state index contributed by atoms with van der Waals surface area (Å²) in [5.74, 6) is -0.0281. The van der Waals surface area contributed by atoms with Crippen molar-refractivity contribution in [1.82, 2.24) is 20.3 Å². The first-order valence-electron chi connectivity index (χ1n) is 6.25. The molecule has 0 bridgehead atoms. The van der Waals surface area contributed by atoms with E-state index in [0.29, 0.717) is 23.7 Å². The lowest BCUT2D eigenvalue weighted by atomic mass is 10.0. The second-order valence-corrected chi connectivity index (χ2v) is 5.04. The first kappa shape index (κ1) is 14.2. The molecule has 0 amide bonds. The van der Waals surface area contributed by atoms with Crippen LogP contribution in [0.15, 0.2) is 18.3 Å². The quantitative estimate of drug-likeness (QED) is 0.879. The molecular weight excluding hydrogens is 305 g/mol. The van der Waals surface area contributed by atoms with Gasteiger partial charge in [-0.15, -0.1) is 0 Å². The zero-order chi connectivity index (χ0) is 15.0. The molecular formula is C13H10ClF3N4. The summed E-state index contributed by atoms with van der Waals surface area (Å²) in [5, 5.41) is 3.31. The maximum atomic E-state index is 13.2. The fourth-order valence-electron chi connectivity index (χ4n) is 2.20. The van der Waals surface area contributed by atoms with Crippen LogP contribution in [0.5, 0.6) is 0 Å². The second kappa shape index (κ2) is 5.23. The Morgan fingerprint density at radius 2 is 2.00 bits per heavy atom. The van der Waals surface area contributed by atoms with Crippen LogP contribution < -0.4 is 5.32 Å². The predicted octanol–water partition coefficient (Wildman–Crippen LogP) is 2.86. The van der Waals surface area contributed by atoms with E-state index in [1.54, 1.807) is 6.07 Å². The van der Waals surface area contributed by atoms with E-state index in [0.717, 1.165) is 0 Å². The smallest absolute Gasteiger partial charge is 0.312 e. The molecule has 4 nitrogen and oxygen atoms in total. The number of fused-ring (bicyclic) bond motifs is 1. The molecule has 0 unspecified atom stereocenters. The predicted molar refractivity (Wildman–Crippen MR) is 70.7 cm³/mol. The third-order valence-corrected chi connectivity index (χ3v) is 3.38. The van der Waals surface area contributed by atoms with Gasteiger partial charge in [0, 0.05) is 31.3 Å². The monoisotopic (exact) mass is 314 g/mol. The fraction of sp³-hybridized carbons (Fsp3) is 0.308. The van der Waals surface area contributed by atoms with Gasteiger partial charge < -0.3 is 5.32 Å². The van der Waals surface area contributed by atoms with Crippen molar-refractivity contribution in [1.29, 1.82) is 0 Å². The highest BCUT2D eigenvalue weighted by molar-refractivity contribution is 6.30. The average molecular weight is 315 g/mol. The molecule has 0 aromatic carbocycles. The summed E-state index contributed by atoms with van der Waals surface area (Å²) in [4.78, 5) is 11.9. The zero-order valence-electron chi connectivity index (χ0n) is 10.7. The summed E-state index contributed by atoms with van der Waals surface area (Å²) in [6.07, 6.45) is -2.73. The Kier molecular flexibility index (Phi) is 3.54. The molecule has 110 valence electrons. The largest absolute Gasteiger partial charge is 0.433 e. The number of rotatable bonds is 1. The van der Waals surface area contributed by atoms with E-state index in [2.05, 4.69) is 20.3 Å². The number of nitrogens with zero attached hydrogens (tertiary/aromatic N) is 3. The second-order valence-electron chi connectivity index (χ2n) is 4.61. The van der Waals surface area contributed by atoms with Gasteiger partial charge in [-0.25, -0.2) is 9.97 Å². The highest BCUT2D eigenvalue weighted by Crippen LogP contribution is 2.33. The molecule has 0 aliphatic carbocycles. The molecule has 8 heteroatoms. The van der Waals surface area contributed by atoms with E-state index in [1.165, 1.54) is 12.3 Å². The summed E-state index contributed by atoms with van der Waals surface area (Å²) < 4.78 is 39.5. The van der Waals surface area contributed by atoms with E-state index < -0.39 is 11.9 Å². The van der Waals surface area contributed by atoms with Crippen molar-refractivity contribution in [2.45, 2.75) is 19.1 Å². The van der Waals surface area contributed by atoms with E-state index in [4.69, 9.17) is 11.6 Å². The number of halogens is 4. The lowest BCUT2D eigenvalue weighted by Crippen LogP contribution is -2.29. The number of pyridine rings is 1. The van der Waals surface area contributed by atoms with Crippen LogP contribution in [0.4, 0.5) is 13.2 Å². The van der Waals surface area contributed by atoms with Crippen molar-refractivity contribution < 1.29 is 13.2 Å². The van der Waals surface area contributed by atoms with Crippen LogP contribution in [0.2, 0.25) is 5.02 Å². The Hall–Kier alpha value is -1.73. The lowest BCUT2D eigenvalue weighted by Gasteiger charge is -2.21. The number of hydrogen-bond donors (Lipinski definition) is 1. The molecule has 2 aromatic rings. The Morgan fingerprint density at radius 1 is 1.19 bits per heavy atom. The third kappa shape index (κ3) is 2.84. The molecule has 1 N–H and O–H groups in total. The van der Waals surface area contributed by atoms with Gasteiger partial charge in [0.05, 0.1) is 10.7 Å². The van der Waals surface area contributed by atoms with Crippen LogP contribution >= 0.6 is 11.6 Å². The van der Waals surface area contributed by atoms with E-state index in [9.17, 15) is 13.2 Å². The Labute approximate surface area is 123 Å². The van der Waals surface area contributed by atoms with Gasteiger partial charge in [0.1, 0.15) is 5.69 Å². The first-order chi connectivity index (χ1) is 9.95. The van der Waals surface area contributed by atoms with Crippen molar-refractivity contribution in [3.8, 4) is 11.5 Å². The topological polar surface area (TPSA) is 50.7 Å². The minimum atomic E-state index is -4.52. The number of alkyl halides is 3. The summed E-state index contributed by atoms with van der Waals surface area (Å²) in [6.45, 7) is 0.716. The molecule has 0 radical (unpaired) electrons. The number of hydrogen-bond acceptors (Lipinski definition) is 4. The number of nitrogens with one attached hydrogen (secondary N) is 1. The SMILES string of the molecule is FC(F)(F)c1nc(-c2ccc(Cl)cn2)nc2c1CNCC2. The Morgan fingerprint density at radius 3 is 2.67 bits per heavy atom. The van der Waals surface area contributed by atoms with Crippen molar-refractivity contribution >= 4 is 11.6 Å². The lowest BCUT2D eigenvalue weighted by molar-refractivity contribution is -0.142. The molecule has 0 fully saturated rings. The normalized spacial score (nSPS) is 14.9. The van der Waals surface area contributed by atoms with Crippen molar-refractivity contribution in [2.24, 2.45) is 0 Å². The highest BCUT2D eigenvalue weighted by Gasteiger charge is 2.38. The van der Waals surface area contributed by atoms with Gasteiger partial charge in [0.15, 0.2) is 11.5 Å². The fourth-order valence-corrected chi connectivity index (χ4v) is 2.31. The van der Waals surface area contributed by atoms with Gasteiger partial charge in [-0.2, -0.15) is 13.2 Å².